The molecular formula is C17H12N2O4. The zero-order valence-corrected chi connectivity index (χ0v) is 11.9. The standard InChI is InChI=1S/C17H12N2O4/c20-14-6-10-1-2-12(5-11(10)7-15(14)21)18-19-13-3-4-16-17(8-13)23-9-22-16/h1-8,20-21H,9H2/b19-18+. The van der Waals surface area contributed by atoms with Crippen molar-refractivity contribution in [2.45, 2.75) is 0 Å². The van der Waals surface area contributed by atoms with E-state index in [1.807, 2.05) is 6.07 Å². The molecule has 1 aliphatic rings. The maximum absolute atomic E-state index is 9.58. The van der Waals surface area contributed by atoms with Gasteiger partial charge in [0, 0.05) is 6.07 Å². The van der Waals surface area contributed by atoms with Crippen LogP contribution in [0.3, 0.4) is 0 Å². The molecule has 0 fully saturated rings. The van der Waals surface area contributed by atoms with Crippen LogP contribution in [0.4, 0.5) is 11.4 Å². The Morgan fingerprint density at radius 2 is 1.35 bits per heavy atom. The Bertz CT molecular complexity index is 937. The maximum atomic E-state index is 9.58. The number of phenolic OH excluding ortho intramolecular Hbond substituents is 2. The fraction of sp³-hybridized carbons (Fsp3) is 0.0588. The van der Waals surface area contributed by atoms with Gasteiger partial charge in [-0.05, 0) is 47.2 Å². The zero-order chi connectivity index (χ0) is 15.8. The number of nitrogens with zero attached hydrogens (tertiary/aromatic N) is 2. The molecule has 0 aromatic heterocycles. The monoisotopic (exact) mass is 308 g/mol. The summed E-state index contributed by atoms with van der Waals surface area (Å²) >= 11 is 0. The summed E-state index contributed by atoms with van der Waals surface area (Å²) in [6.45, 7) is 0.219. The second-order valence-corrected chi connectivity index (χ2v) is 5.11. The van der Waals surface area contributed by atoms with Crippen molar-refractivity contribution in [2.75, 3.05) is 6.79 Å². The summed E-state index contributed by atoms with van der Waals surface area (Å²) in [5, 5.41) is 29.0. The fourth-order valence-electron chi connectivity index (χ4n) is 2.39. The summed E-state index contributed by atoms with van der Waals surface area (Å²) in [4.78, 5) is 0. The van der Waals surface area contributed by atoms with E-state index in [9.17, 15) is 10.2 Å². The molecule has 23 heavy (non-hydrogen) atoms. The fourth-order valence-corrected chi connectivity index (χ4v) is 2.39. The van der Waals surface area contributed by atoms with Gasteiger partial charge in [-0.15, -0.1) is 0 Å². The van der Waals surface area contributed by atoms with Crippen molar-refractivity contribution < 1.29 is 19.7 Å². The normalized spacial score (nSPS) is 13.0. The third-order valence-corrected chi connectivity index (χ3v) is 3.55. The van der Waals surface area contributed by atoms with Crippen molar-refractivity contribution >= 4 is 22.1 Å². The molecule has 1 aliphatic heterocycles. The molecule has 0 amide bonds. The number of fused-ring (bicyclic) bond motifs is 2. The van der Waals surface area contributed by atoms with Gasteiger partial charge in [-0.25, -0.2) is 0 Å². The number of benzene rings is 3. The molecule has 0 spiro atoms. The lowest BCUT2D eigenvalue weighted by Crippen LogP contribution is -1.92. The number of phenols is 2. The highest BCUT2D eigenvalue weighted by Gasteiger charge is 2.12. The van der Waals surface area contributed by atoms with E-state index >= 15 is 0 Å². The third-order valence-electron chi connectivity index (χ3n) is 3.55. The lowest BCUT2D eigenvalue weighted by atomic mass is 10.1. The molecule has 3 aromatic rings. The number of ether oxygens (including phenoxy) is 2. The molecule has 114 valence electrons. The Hall–Kier alpha value is -3.28. The van der Waals surface area contributed by atoms with Crippen molar-refractivity contribution in [1.82, 2.24) is 0 Å². The van der Waals surface area contributed by atoms with Crippen molar-refractivity contribution in [3.8, 4) is 23.0 Å². The van der Waals surface area contributed by atoms with Gasteiger partial charge in [-0.2, -0.15) is 10.2 Å². The van der Waals surface area contributed by atoms with E-state index in [1.165, 1.54) is 12.1 Å². The van der Waals surface area contributed by atoms with Crippen molar-refractivity contribution in [1.29, 1.82) is 0 Å². The van der Waals surface area contributed by atoms with Gasteiger partial charge in [0.25, 0.3) is 0 Å². The first-order chi connectivity index (χ1) is 11.2. The molecule has 0 aliphatic carbocycles. The summed E-state index contributed by atoms with van der Waals surface area (Å²) < 4.78 is 10.5. The van der Waals surface area contributed by atoms with E-state index in [4.69, 9.17) is 9.47 Å². The van der Waals surface area contributed by atoms with E-state index in [-0.39, 0.29) is 18.3 Å². The average Bonchev–Trinajstić information content (AvgIpc) is 3.01. The minimum atomic E-state index is -0.164. The first kappa shape index (κ1) is 13.4. The smallest absolute Gasteiger partial charge is 0.231 e. The molecule has 0 saturated carbocycles. The molecular weight excluding hydrogens is 296 g/mol. The molecule has 3 aromatic carbocycles. The quantitative estimate of drug-likeness (QED) is 0.543. The van der Waals surface area contributed by atoms with Crippen LogP contribution in [0, 0.1) is 0 Å². The molecule has 4 rings (SSSR count). The Labute approximate surface area is 131 Å². The van der Waals surface area contributed by atoms with Crippen LogP contribution >= 0.6 is 0 Å². The number of aromatic hydroxyl groups is 2. The lowest BCUT2D eigenvalue weighted by molar-refractivity contribution is 0.174. The van der Waals surface area contributed by atoms with E-state index in [0.29, 0.717) is 22.9 Å². The molecule has 0 atom stereocenters. The third kappa shape index (κ3) is 2.50. The first-order valence-corrected chi connectivity index (χ1v) is 6.96. The summed E-state index contributed by atoms with van der Waals surface area (Å²) in [6.07, 6.45) is 0. The Balaban J connectivity index is 1.65. The molecule has 2 N–H and O–H groups in total. The summed E-state index contributed by atoms with van der Waals surface area (Å²) in [6, 6.07) is 13.7. The van der Waals surface area contributed by atoms with Gasteiger partial charge in [0.15, 0.2) is 23.0 Å². The highest BCUT2D eigenvalue weighted by molar-refractivity contribution is 5.88. The van der Waals surface area contributed by atoms with Crippen LogP contribution in [0.1, 0.15) is 0 Å². The van der Waals surface area contributed by atoms with Crippen LogP contribution in [-0.4, -0.2) is 17.0 Å². The molecule has 6 heteroatoms. The van der Waals surface area contributed by atoms with Gasteiger partial charge in [0.05, 0.1) is 11.4 Å². The SMILES string of the molecule is Oc1cc2ccc(/N=N/c3ccc4c(c3)OCO4)cc2cc1O. The van der Waals surface area contributed by atoms with Crippen LogP contribution in [0.15, 0.2) is 58.8 Å². The van der Waals surface area contributed by atoms with Gasteiger partial charge in [-0.3, -0.25) is 0 Å². The van der Waals surface area contributed by atoms with Crippen LogP contribution in [0.5, 0.6) is 23.0 Å². The summed E-state index contributed by atoms with van der Waals surface area (Å²) in [7, 11) is 0. The highest BCUT2D eigenvalue weighted by Crippen LogP contribution is 2.36. The van der Waals surface area contributed by atoms with E-state index in [2.05, 4.69) is 10.2 Å². The van der Waals surface area contributed by atoms with Gasteiger partial charge >= 0.3 is 0 Å². The molecule has 0 radical (unpaired) electrons. The molecule has 1 heterocycles. The largest absolute Gasteiger partial charge is 0.504 e. The molecule has 0 unspecified atom stereocenters. The van der Waals surface area contributed by atoms with Crippen molar-refractivity contribution in [3.05, 3.63) is 48.5 Å². The Morgan fingerprint density at radius 1 is 0.696 bits per heavy atom. The van der Waals surface area contributed by atoms with Gasteiger partial charge in [0.1, 0.15) is 0 Å². The molecule has 6 nitrogen and oxygen atoms in total. The minimum absolute atomic E-state index is 0.146. The van der Waals surface area contributed by atoms with E-state index in [0.717, 1.165) is 10.8 Å². The molecule has 0 saturated heterocycles. The van der Waals surface area contributed by atoms with Crippen molar-refractivity contribution in [2.24, 2.45) is 10.2 Å². The van der Waals surface area contributed by atoms with Crippen LogP contribution in [0.25, 0.3) is 10.8 Å². The minimum Gasteiger partial charge on any atom is -0.504 e. The van der Waals surface area contributed by atoms with Crippen LogP contribution in [0.2, 0.25) is 0 Å². The van der Waals surface area contributed by atoms with Crippen LogP contribution in [-0.2, 0) is 0 Å². The highest BCUT2D eigenvalue weighted by atomic mass is 16.7. The van der Waals surface area contributed by atoms with Gasteiger partial charge in [0.2, 0.25) is 6.79 Å². The zero-order valence-electron chi connectivity index (χ0n) is 11.9. The lowest BCUT2D eigenvalue weighted by Gasteiger charge is -2.02. The first-order valence-electron chi connectivity index (χ1n) is 6.96. The maximum Gasteiger partial charge on any atom is 0.231 e. The summed E-state index contributed by atoms with van der Waals surface area (Å²) in [5.74, 6) is 1.04. The second kappa shape index (κ2) is 5.17. The van der Waals surface area contributed by atoms with E-state index < -0.39 is 0 Å². The van der Waals surface area contributed by atoms with Crippen LogP contribution < -0.4 is 9.47 Å². The number of hydrogen-bond acceptors (Lipinski definition) is 6. The Kier molecular flexibility index (Phi) is 3.01. The number of azo groups is 1. The summed E-state index contributed by atoms with van der Waals surface area (Å²) in [5.41, 5.74) is 1.29. The number of rotatable bonds is 2. The predicted octanol–water partition coefficient (Wildman–Crippen LogP) is 4.40. The predicted molar refractivity (Wildman–Crippen MR) is 84.0 cm³/mol. The Morgan fingerprint density at radius 3 is 2.17 bits per heavy atom. The topological polar surface area (TPSA) is 83.6 Å². The van der Waals surface area contributed by atoms with E-state index in [1.54, 1.807) is 30.3 Å². The van der Waals surface area contributed by atoms with Gasteiger partial charge in [-0.1, -0.05) is 6.07 Å². The second-order valence-electron chi connectivity index (χ2n) is 5.11. The molecule has 0 bridgehead atoms. The van der Waals surface area contributed by atoms with Gasteiger partial charge < -0.3 is 19.7 Å². The van der Waals surface area contributed by atoms with Crippen molar-refractivity contribution in [3.63, 3.8) is 0 Å². The number of hydrogen-bond donors (Lipinski definition) is 2. The average molecular weight is 308 g/mol.